The van der Waals surface area contributed by atoms with Gasteiger partial charge in [-0.2, -0.15) is 0 Å². The quantitative estimate of drug-likeness (QED) is 0.944. The second kappa shape index (κ2) is 5.64. The van der Waals surface area contributed by atoms with Gasteiger partial charge in [-0.25, -0.2) is 0 Å². The zero-order valence-corrected chi connectivity index (χ0v) is 12.5. The zero-order valence-electron chi connectivity index (χ0n) is 12.5. The molecule has 1 fully saturated rings. The average molecular weight is 294 g/mol. The van der Waals surface area contributed by atoms with Crippen LogP contribution in [-0.2, 0) is 4.79 Å². The van der Waals surface area contributed by atoms with Gasteiger partial charge >= 0.3 is 0 Å². The van der Waals surface area contributed by atoms with E-state index >= 15 is 0 Å². The maximum Gasteiger partial charge on any atom is 0.255 e. The van der Waals surface area contributed by atoms with Crippen LogP contribution in [-0.4, -0.2) is 29.3 Å². The highest BCUT2D eigenvalue weighted by Gasteiger charge is 2.37. The molecule has 1 saturated heterocycles. The lowest BCUT2D eigenvalue weighted by molar-refractivity contribution is -0.125. The number of hydrogen-bond donors (Lipinski definition) is 1. The first kappa shape index (κ1) is 14.3. The fourth-order valence-corrected chi connectivity index (χ4v) is 2.74. The van der Waals surface area contributed by atoms with Crippen molar-refractivity contribution in [3.8, 4) is 11.1 Å². The summed E-state index contributed by atoms with van der Waals surface area (Å²) in [7, 11) is 0. The number of benzene rings is 2. The highest BCUT2D eigenvalue weighted by Crippen LogP contribution is 2.28. The van der Waals surface area contributed by atoms with Gasteiger partial charge in [-0.05, 0) is 30.5 Å². The third-order valence-electron chi connectivity index (χ3n) is 4.13. The third kappa shape index (κ3) is 2.48. The van der Waals surface area contributed by atoms with E-state index in [0.717, 1.165) is 11.1 Å². The predicted octanol–water partition coefficient (Wildman–Crippen LogP) is 2.36. The summed E-state index contributed by atoms with van der Waals surface area (Å²) in [5.74, 6) is -0.571. The molecule has 4 nitrogen and oxygen atoms in total. The molecule has 0 bridgehead atoms. The molecule has 1 aliphatic rings. The Morgan fingerprint density at radius 3 is 2.36 bits per heavy atom. The fourth-order valence-electron chi connectivity index (χ4n) is 2.74. The molecule has 0 radical (unpaired) electrons. The fraction of sp³-hybridized carbons (Fsp3) is 0.222. The largest absolute Gasteiger partial charge is 0.368 e. The molecule has 2 aromatic carbocycles. The van der Waals surface area contributed by atoms with Gasteiger partial charge in [-0.1, -0.05) is 48.0 Å². The number of nitrogens with two attached hydrogens (primary N) is 1. The summed E-state index contributed by atoms with van der Waals surface area (Å²) in [5, 5.41) is 0. The van der Waals surface area contributed by atoms with E-state index in [2.05, 4.69) is 0 Å². The van der Waals surface area contributed by atoms with Gasteiger partial charge in [0.15, 0.2) is 0 Å². The van der Waals surface area contributed by atoms with Gasteiger partial charge in [0.1, 0.15) is 6.04 Å². The summed E-state index contributed by atoms with van der Waals surface area (Å²) < 4.78 is 0. The van der Waals surface area contributed by atoms with Crippen molar-refractivity contribution in [2.75, 3.05) is 6.54 Å². The van der Waals surface area contributed by atoms with Crippen LogP contribution in [0.3, 0.4) is 0 Å². The van der Waals surface area contributed by atoms with Crippen LogP contribution in [0.25, 0.3) is 11.1 Å². The summed E-state index contributed by atoms with van der Waals surface area (Å²) in [6.07, 6.45) is 0.647. The summed E-state index contributed by atoms with van der Waals surface area (Å²) in [4.78, 5) is 25.6. The summed E-state index contributed by atoms with van der Waals surface area (Å²) >= 11 is 0. The van der Waals surface area contributed by atoms with E-state index in [1.807, 2.05) is 49.4 Å². The lowest BCUT2D eigenvalue weighted by Gasteiger charge is -2.39. The summed E-state index contributed by atoms with van der Waals surface area (Å²) in [5.41, 5.74) is 8.98. The molecule has 0 spiro atoms. The minimum absolute atomic E-state index is 0.133. The van der Waals surface area contributed by atoms with E-state index in [9.17, 15) is 9.59 Å². The molecule has 1 atom stereocenters. The second-order valence-corrected chi connectivity index (χ2v) is 5.62. The second-order valence-electron chi connectivity index (χ2n) is 5.62. The van der Waals surface area contributed by atoms with E-state index in [-0.39, 0.29) is 5.91 Å². The molecule has 2 amide bonds. The van der Waals surface area contributed by atoms with Crippen LogP contribution in [0.1, 0.15) is 22.3 Å². The Hall–Kier alpha value is -2.62. The number of rotatable bonds is 3. The summed E-state index contributed by atoms with van der Waals surface area (Å²) in [6, 6.07) is 15.0. The average Bonchev–Trinajstić information content (AvgIpc) is 2.46. The van der Waals surface area contributed by atoms with E-state index < -0.39 is 11.9 Å². The molecular weight excluding hydrogens is 276 g/mol. The summed E-state index contributed by atoms with van der Waals surface area (Å²) in [6.45, 7) is 2.60. The van der Waals surface area contributed by atoms with Gasteiger partial charge in [0, 0.05) is 12.1 Å². The van der Waals surface area contributed by atoms with Gasteiger partial charge in [-0.15, -0.1) is 0 Å². The molecule has 3 rings (SSSR count). The number of amides is 2. The van der Waals surface area contributed by atoms with Crippen LogP contribution in [0, 0.1) is 6.92 Å². The molecule has 22 heavy (non-hydrogen) atoms. The molecule has 0 aliphatic carbocycles. The number of primary amides is 1. The van der Waals surface area contributed by atoms with Crippen molar-refractivity contribution in [1.29, 1.82) is 0 Å². The van der Waals surface area contributed by atoms with E-state index in [1.54, 1.807) is 11.0 Å². The van der Waals surface area contributed by atoms with Gasteiger partial charge in [0.2, 0.25) is 5.91 Å². The topological polar surface area (TPSA) is 63.4 Å². The maximum absolute atomic E-state index is 12.7. The first-order valence-electron chi connectivity index (χ1n) is 7.34. The van der Waals surface area contributed by atoms with E-state index in [1.165, 1.54) is 5.56 Å². The van der Waals surface area contributed by atoms with Crippen molar-refractivity contribution in [3.05, 3.63) is 59.7 Å². The van der Waals surface area contributed by atoms with Crippen molar-refractivity contribution in [2.45, 2.75) is 19.4 Å². The molecule has 1 unspecified atom stereocenters. The highest BCUT2D eigenvalue weighted by atomic mass is 16.2. The van der Waals surface area contributed by atoms with E-state index in [4.69, 9.17) is 5.73 Å². The predicted molar refractivity (Wildman–Crippen MR) is 85.3 cm³/mol. The van der Waals surface area contributed by atoms with Gasteiger partial charge in [0.05, 0.1) is 0 Å². The number of hydrogen-bond acceptors (Lipinski definition) is 2. The number of nitrogens with zero attached hydrogens (tertiary/aromatic N) is 1. The Balaban J connectivity index is 1.96. The Kier molecular flexibility index (Phi) is 3.67. The lowest BCUT2D eigenvalue weighted by Crippen LogP contribution is -2.57. The van der Waals surface area contributed by atoms with Crippen molar-refractivity contribution in [1.82, 2.24) is 4.90 Å². The molecule has 2 N–H and O–H groups in total. The molecule has 0 saturated carbocycles. The van der Waals surface area contributed by atoms with Crippen LogP contribution in [0.4, 0.5) is 0 Å². The minimum atomic E-state index is -0.474. The SMILES string of the molecule is Cc1ccc(-c2ccccc2C(=O)N2CCC2C(N)=O)cc1. The van der Waals surface area contributed by atoms with Crippen LogP contribution in [0.2, 0.25) is 0 Å². The standard InChI is InChI=1S/C18H18N2O2/c1-12-6-8-13(9-7-12)14-4-2-3-5-15(14)18(22)20-11-10-16(20)17(19)21/h2-9,16H,10-11H2,1H3,(H2,19,21). The number of likely N-dealkylation sites (tertiary alicyclic amines) is 1. The molecule has 0 aromatic heterocycles. The molecule has 112 valence electrons. The maximum atomic E-state index is 12.7. The van der Waals surface area contributed by atoms with Gasteiger partial charge < -0.3 is 10.6 Å². The van der Waals surface area contributed by atoms with Gasteiger partial charge in [-0.3, -0.25) is 9.59 Å². The molecule has 1 heterocycles. The first-order valence-corrected chi connectivity index (χ1v) is 7.34. The van der Waals surface area contributed by atoms with Crippen molar-refractivity contribution in [3.63, 3.8) is 0 Å². The van der Waals surface area contributed by atoms with Crippen molar-refractivity contribution >= 4 is 11.8 Å². The number of carbonyl (C=O) groups excluding carboxylic acids is 2. The Bertz CT molecular complexity index is 722. The molecular formula is C18H18N2O2. The highest BCUT2D eigenvalue weighted by molar-refractivity contribution is 6.03. The Morgan fingerprint density at radius 1 is 1.09 bits per heavy atom. The van der Waals surface area contributed by atoms with Crippen LogP contribution >= 0.6 is 0 Å². The molecule has 4 heteroatoms. The normalized spacial score (nSPS) is 17.0. The van der Waals surface area contributed by atoms with Crippen LogP contribution in [0.15, 0.2) is 48.5 Å². The Morgan fingerprint density at radius 2 is 1.77 bits per heavy atom. The van der Waals surface area contributed by atoms with Gasteiger partial charge in [0.25, 0.3) is 5.91 Å². The molecule has 2 aromatic rings. The smallest absolute Gasteiger partial charge is 0.255 e. The van der Waals surface area contributed by atoms with Crippen LogP contribution in [0.5, 0.6) is 0 Å². The van der Waals surface area contributed by atoms with E-state index in [0.29, 0.717) is 18.5 Å². The Labute approximate surface area is 129 Å². The zero-order chi connectivity index (χ0) is 15.7. The third-order valence-corrected chi connectivity index (χ3v) is 4.13. The number of aryl methyl sites for hydroxylation is 1. The monoisotopic (exact) mass is 294 g/mol. The lowest BCUT2D eigenvalue weighted by atomic mass is 9.95. The minimum Gasteiger partial charge on any atom is -0.368 e. The first-order chi connectivity index (χ1) is 10.6. The van der Waals surface area contributed by atoms with Crippen molar-refractivity contribution in [2.24, 2.45) is 5.73 Å². The van der Waals surface area contributed by atoms with Crippen molar-refractivity contribution < 1.29 is 9.59 Å². The number of carbonyl (C=O) groups is 2. The van der Waals surface area contributed by atoms with Crippen LogP contribution < -0.4 is 5.73 Å². The molecule has 1 aliphatic heterocycles.